The molecule has 0 radical (unpaired) electrons. The zero-order chi connectivity index (χ0) is 27.5. The van der Waals surface area contributed by atoms with Gasteiger partial charge in [-0.2, -0.15) is 18.4 Å². The second kappa shape index (κ2) is 10.8. The van der Waals surface area contributed by atoms with Crippen LogP contribution in [0.25, 0.3) is 10.1 Å². The van der Waals surface area contributed by atoms with Gasteiger partial charge >= 0.3 is 12.1 Å². The minimum Gasteiger partial charge on any atom is -0.439 e. The molecule has 3 aromatic rings. The highest BCUT2D eigenvalue weighted by molar-refractivity contribution is 9.10. The quantitative estimate of drug-likeness (QED) is 0.150. The van der Waals surface area contributed by atoms with Gasteiger partial charge in [-0.25, -0.2) is 10.6 Å². The molecule has 14 heteroatoms. The van der Waals surface area contributed by atoms with Gasteiger partial charge in [0.2, 0.25) is 5.60 Å². The van der Waals surface area contributed by atoms with Gasteiger partial charge in [-0.1, -0.05) is 19.1 Å². The Balaban J connectivity index is 1.87. The van der Waals surface area contributed by atoms with Crippen molar-refractivity contribution in [2.75, 3.05) is 0 Å². The number of carbonyl (C=O) groups excluding carboxylic acids is 1. The molecule has 4 N–H and O–H groups in total. The molecule has 1 unspecified atom stereocenters. The Kier molecular flexibility index (Phi) is 8.11. The number of esters is 1. The smallest absolute Gasteiger partial charge is 0.434 e. The number of benzene rings is 2. The van der Waals surface area contributed by atoms with Crippen molar-refractivity contribution in [1.82, 2.24) is 5.01 Å². The lowest BCUT2D eigenvalue weighted by Gasteiger charge is -2.35. The van der Waals surface area contributed by atoms with Crippen LogP contribution in [0.5, 0.6) is 0 Å². The summed E-state index contributed by atoms with van der Waals surface area (Å²) in [5, 5.41) is 21.7. The van der Waals surface area contributed by atoms with Crippen LogP contribution >= 0.6 is 27.3 Å². The number of nitriles is 1. The van der Waals surface area contributed by atoms with Crippen LogP contribution in [0.15, 0.2) is 58.8 Å². The van der Waals surface area contributed by atoms with Gasteiger partial charge in [0.05, 0.1) is 27.2 Å². The molecule has 1 aromatic heterocycles. The van der Waals surface area contributed by atoms with Crippen molar-refractivity contribution in [2.24, 2.45) is 11.6 Å². The Bertz CT molecular complexity index is 1420. The number of ether oxygens (including phenoxy) is 1. The number of hydrazine groups is 1. The molecule has 0 aliphatic carbocycles. The Labute approximate surface area is 220 Å². The molecule has 3 rings (SSSR count). The maximum absolute atomic E-state index is 14.2. The van der Waals surface area contributed by atoms with Crippen molar-refractivity contribution in [2.45, 2.75) is 31.7 Å². The molecule has 0 aliphatic heterocycles. The van der Waals surface area contributed by atoms with Gasteiger partial charge < -0.3 is 15.5 Å². The molecule has 2 aromatic carbocycles. The molecule has 1 heterocycles. The number of nitro groups is 1. The third kappa shape index (κ3) is 5.68. The number of halogens is 4. The van der Waals surface area contributed by atoms with E-state index in [1.54, 1.807) is 18.2 Å². The van der Waals surface area contributed by atoms with Gasteiger partial charge in [0.1, 0.15) is 10.9 Å². The summed E-state index contributed by atoms with van der Waals surface area (Å²) in [5.41, 5.74) is 1.75. The SMILES string of the molecule is CCC(OC(=O)c1ccc([N+](=O)[O-])cc1)(/C(N)=C/N(N)Cc1ccc2c(Br)c(C#N)sc2c1)C(F)(F)F. The molecule has 0 spiro atoms. The van der Waals surface area contributed by atoms with Crippen molar-refractivity contribution in [3.63, 3.8) is 0 Å². The molecule has 0 saturated heterocycles. The summed E-state index contributed by atoms with van der Waals surface area (Å²) in [4.78, 5) is 23.1. The molecule has 0 amide bonds. The van der Waals surface area contributed by atoms with E-state index in [1.165, 1.54) is 11.3 Å². The number of nitrogens with zero attached hydrogens (tertiary/aromatic N) is 3. The summed E-state index contributed by atoms with van der Waals surface area (Å²) in [6, 6.07) is 11.2. The monoisotopic (exact) mass is 597 g/mol. The Morgan fingerprint density at radius 1 is 1.30 bits per heavy atom. The number of non-ortho nitro benzene ring substituents is 1. The summed E-state index contributed by atoms with van der Waals surface area (Å²) in [7, 11) is 0. The summed E-state index contributed by atoms with van der Waals surface area (Å²) < 4.78 is 49.0. The van der Waals surface area contributed by atoms with Gasteiger partial charge in [-0.15, -0.1) is 11.3 Å². The lowest BCUT2D eigenvalue weighted by Crippen LogP contribution is -2.53. The van der Waals surface area contributed by atoms with Gasteiger partial charge in [0.25, 0.3) is 5.69 Å². The highest BCUT2D eigenvalue weighted by atomic mass is 79.9. The first-order chi connectivity index (χ1) is 17.3. The molecule has 0 aliphatic rings. The predicted molar refractivity (Wildman–Crippen MR) is 134 cm³/mol. The second-order valence-corrected chi connectivity index (χ2v) is 9.66. The van der Waals surface area contributed by atoms with E-state index in [4.69, 9.17) is 16.3 Å². The number of alkyl halides is 3. The van der Waals surface area contributed by atoms with Crippen LogP contribution in [-0.2, 0) is 11.3 Å². The van der Waals surface area contributed by atoms with Crippen LogP contribution < -0.4 is 11.6 Å². The Hall–Kier alpha value is -3.67. The van der Waals surface area contributed by atoms with Crippen LogP contribution in [0.2, 0.25) is 0 Å². The van der Waals surface area contributed by atoms with Gasteiger partial charge in [0.15, 0.2) is 0 Å². The van der Waals surface area contributed by atoms with E-state index in [-0.39, 0.29) is 17.8 Å². The number of fused-ring (bicyclic) bond motifs is 1. The molecule has 0 bridgehead atoms. The fourth-order valence-corrected chi connectivity index (χ4v) is 5.28. The van der Waals surface area contributed by atoms with Crippen LogP contribution in [0.4, 0.5) is 18.9 Å². The van der Waals surface area contributed by atoms with E-state index in [2.05, 4.69) is 22.0 Å². The zero-order valence-corrected chi connectivity index (χ0v) is 21.5. The summed E-state index contributed by atoms with van der Waals surface area (Å²) in [6.07, 6.45) is -5.01. The van der Waals surface area contributed by atoms with E-state index >= 15 is 0 Å². The van der Waals surface area contributed by atoms with Gasteiger partial charge in [0, 0.05) is 28.4 Å². The molecule has 9 nitrogen and oxygen atoms in total. The molecule has 1 atom stereocenters. The van der Waals surface area contributed by atoms with Gasteiger partial charge in [-0.3, -0.25) is 10.1 Å². The molecular weight excluding hydrogens is 579 g/mol. The van der Waals surface area contributed by atoms with Gasteiger partial charge in [-0.05, 0) is 46.1 Å². The van der Waals surface area contributed by atoms with Crippen LogP contribution in [0.1, 0.15) is 34.1 Å². The largest absolute Gasteiger partial charge is 0.439 e. The minimum atomic E-state index is -5.10. The van der Waals surface area contributed by atoms with E-state index in [1.807, 2.05) is 0 Å². The first kappa shape index (κ1) is 27.9. The lowest BCUT2D eigenvalue weighted by atomic mass is 9.95. The molecule has 37 heavy (non-hydrogen) atoms. The van der Waals surface area contributed by atoms with Crippen molar-refractivity contribution >= 4 is 49.0 Å². The van der Waals surface area contributed by atoms with Crippen LogP contribution in [0.3, 0.4) is 0 Å². The number of rotatable bonds is 8. The minimum absolute atomic E-state index is 0.0397. The highest BCUT2D eigenvalue weighted by Gasteiger charge is 2.59. The maximum Gasteiger partial charge on any atom is 0.434 e. The highest BCUT2D eigenvalue weighted by Crippen LogP contribution is 2.41. The fourth-order valence-electron chi connectivity index (χ4n) is 3.51. The fraction of sp³-hybridized carbons (Fsp3) is 0.217. The van der Waals surface area contributed by atoms with Crippen molar-refractivity contribution in [1.29, 1.82) is 5.26 Å². The number of hydrogen-bond acceptors (Lipinski definition) is 9. The second-order valence-electron chi connectivity index (χ2n) is 7.82. The van der Waals surface area contributed by atoms with E-state index < -0.39 is 34.8 Å². The molecule has 0 fully saturated rings. The number of carbonyl (C=O) groups is 1. The zero-order valence-electron chi connectivity index (χ0n) is 19.1. The Morgan fingerprint density at radius 3 is 2.49 bits per heavy atom. The number of hydrogen-bond donors (Lipinski definition) is 2. The van der Waals surface area contributed by atoms with Crippen molar-refractivity contribution in [3.05, 3.63) is 85.0 Å². The average Bonchev–Trinajstić information content (AvgIpc) is 3.16. The average molecular weight is 598 g/mol. The molecular formula is C23H19BrF3N5O4S. The molecule has 0 saturated carbocycles. The summed E-state index contributed by atoms with van der Waals surface area (Å²) in [5.74, 6) is 4.58. The van der Waals surface area contributed by atoms with E-state index in [0.29, 0.717) is 14.9 Å². The van der Waals surface area contributed by atoms with Crippen molar-refractivity contribution in [3.8, 4) is 6.07 Å². The van der Waals surface area contributed by atoms with Crippen LogP contribution in [0, 0.1) is 21.4 Å². The van der Waals surface area contributed by atoms with E-state index in [0.717, 1.165) is 52.5 Å². The summed E-state index contributed by atoms with van der Waals surface area (Å²) >= 11 is 4.61. The third-order valence-electron chi connectivity index (χ3n) is 5.47. The topological polar surface area (TPSA) is 149 Å². The number of nitrogens with two attached hydrogens (primary N) is 2. The normalized spacial score (nSPS) is 13.6. The Morgan fingerprint density at radius 2 is 1.95 bits per heavy atom. The van der Waals surface area contributed by atoms with Crippen LogP contribution in [-0.4, -0.2) is 27.7 Å². The number of nitro benzene ring substituents is 1. The lowest BCUT2D eigenvalue weighted by molar-refractivity contribution is -0.384. The number of thiophene rings is 1. The van der Waals surface area contributed by atoms with Crippen molar-refractivity contribution < 1.29 is 27.6 Å². The standard InChI is InChI=1S/C23H19BrF3N5O4S/c1-2-22(23(25,26)27,36-21(33)14-4-6-15(7-5-14)32(34)35)19(29)12-31(30)11-13-3-8-16-17(9-13)37-18(10-28)20(16)24/h3-9,12H,2,11,29-30H2,1H3/b19-12-. The first-order valence-electron chi connectivity index (χ1n) is 10.5. The molecule has 194 valence electrons. The summed E-state index contributed by atoms with van der Waals surface area (Å²) in [6.45, 7) is 1.11. The third-order valence-corrected chi connectivity index (χ3v) is 7.61. The first-order valence-corrected chi connectivity index (χ1v) is 12.1. The predicted octanol–water partition coefficient (Wildman–Crippen LogP) is 5.49. The van der Waals surface area contributed by atoms with E-state index in [9.17, 15) is 33.3 Å². The maximum atomic E-state index is 14.2.